The normalized spacial score (nSPS) is 36.1. The quantitative estimate of drug-likeness (QED) is 0.0631. The second-order valence-electron chi connectivity index (χ2n) is 21.6. The van der Waals surface area contributed by atoms with Gasteiger partial charge in [0.1, 0.15) is 17.9 Å². The van der Waals surface area contributed by atoms with Crippen LogP contribution in [0.5, 0.6) is 0 Å². The number of nitrogens with zero attached hydrogens (tertiary/aromatic N) is 1. The van der Waals surface area contributed by atoms with Crippen molar-refractivity contribution in [2.24, 2.45) is 35.3 Å². The van der Waals surface area contributed by atoms with Gasteiger partial charge in [0.05, 0.1) is 44.2 Å². The molecule has 2 saturated heterocycles. The van der Waals surface area contributed by atoms with Gasteiger partial charge >= 0.3 is 12.1 Å². The van der Waals surface area contributed by atoms with Crippen LogP contribution in [-0.4, -0.2) is 170 Å². The molecule has 1 saturated carbocycles. The standard InChI is InChI=1S/C57H91N3O16/c1-10-25-72-27-28-73-26-23-59-56(68)75-52-39(6)30-37(4)46(62)34-48(43(58)31-41-20-22-45(61)49(32-41)71-9)74-55(67)44-18-14-15-24-60(44)54(66)53(65)57(69)40(7)19-21-42(76-57)33-47(70-8)36(3)17-13-11-12-16-35(2)29-38(5)50(63)51(52)64/h11-13,16-17,30,35,37-38,40-45,47-49,51-52,61,64,69H,10,14-15,18-29,31-34,58H2,1-9H3,(H,59,68)/b13-11+,16-12+,36-17+,39-30+/t35-,37-,38-,40-,41+,42+,43-,44+,45-,47+,48+,49-,51+,52-,57-/m1/s1. The molecule has 4 rings (SSSR count). The minimum Gasteiger partial charge on any atom is -0.459 e. The molecule has 19 heteroatoms. The Bertz CT molecular complexity index is 2030. The summed E-state index contributed by atoms with van der Waals surface area (Å²) in [6.45, 7) is 13.8. The van der Waals surface area contributed by atoms with Crippen LogP contribution >= 0.6 is 0 Å². The number of ether oxygens (including phenoxy) is 7. The van der Waals surface area contributed by atoms with Gasteiger partial charge in [-0.05, 0) is 107 Å². The molecule has 1 aliphatic carbocycles. The van der Waals surface area contributed by atoms with Crippen LogP contribution in [0.25, 0.3) is 0 Å². The van der Waals surface area contributed by atoms with Gasteiger partial charge in [-0.25, -0.2) is 9.59 Å². The number of ketones is 3. The molecule has 3 aliphatic heterocycles. The lowest BCUT2D eigenvalue weighted by atomic mass is 9.80. The third-order valence-corrected chi connectivity index (χ3v) is 15.4. The van der Waals surface area contributed by atoms with Crippen molar-refractivity contribution in [2.45, 2.75) is 193 Å². The number of hydrogen-bond donors (Lipinski definition) is 5. The van der Waals surface area contributed by atoms with Crippen LogP contribution in [0, 0.1) is 29.6 Å². The first-order chi connectivity index (χ1) is 36.1. The molecule has 3 fully saturated rings. The van der Waals surface area contributed by atoms with Crippen molar-refractivity contribution in [3.8, 4) is 0 Å². The summed E-state index contributed by atoms with van der Waals surface area (Å²) in [6.07, 6.45) is 8.01. The average molecular weight is 1070 g/mol. The second kappa shape index (κ2) is 32.0. The number of cyclic esters (lactones) is 1. The maximum absolute atomic E-state index is 14.5. The first kappa shape index (κ1) is 64.3. The van der Waals surface area contributed by atoms with Gasteiger partial charge in [-0.1, -0.05) is 71.1 Å². The van der Waals surface area contributed by atoms with E-state index in [9.17, 15) is 44.1 Å². The summed E-state index contributed by atoms with van der Waals surface area (Å²) in [5.41, 5.74) is 7.95. The van der Waals surface area contributed by atoms with Gasteiger partial charge < -0.3 is 64.4 Å². The number of nitrogens with two attached hydrogens (primary N) is 1. The summed E-state index contributed by atoms with van der Waals surface area (Å²) in [5.74, 6) is -9.22. The number of rotatable bonds is 14. The van der Waals surface area contributed by atoms with Gasteiger partial charge in [-0.2, -0.15) is 0 Å². The molecule has 0 aromatic rings. The smallest absolute Gasteiger partial charge is 0.407 e. The average Bonchev–Trinajstić information content (AvgIpc) is 3.39. The monoisotopic (exact) mass is 1070 g/mol. The zero-order valence-electron chi connectivity index (χ0n) is 46.7. The highest BCUT2D eigenvalue weighted by molar-refractivity contribution is 6.39. The second-order valence-corrected chi connectivity index (χ2v) is 21.6. The molecule has 0 spiro atoms. The summed E-state index contributed by atoms with van der Waals surface area (Å²) in [6, 6.07) is -2.16. The minimum absolute atomic E-state index is 0.0197. The highest BCUT2D eigenvalue weighted by atomic mass is 16.6. The molecule has 6 N–H and O–H groups in total. The molecule has 3 heterocycles. The Morgan fingerprint density at radius 2 is 1.61 bits per heavy atom. The molecule has 430 valence electrons. The van der Waals surface area contributed by atoms with Crippen LogP contribution in [0.3, 0.4) is 0 Å². The van der Waals surface area contributed by atoms with E-state index in [0.29, 0.717) is 71.2 Å². The molecule has 76 heavy (non-hydrogen) atoms. The molecule has 2 bridgehead atoms. The molecule has 0 aromatic carbocycles. The fourth-order valence-electron chi connectivity index (χ4n) is 10.7. The SMILES string of the molecule is CCCOCCOCCNC(=O)O[C@@H]1/C(C)=C/[C@@H](C)C(=O)C[C@@H]([C@H](N)C[C@@H]2CC[C@@H](O)[C@H](OC)C2)OC(=O)[C@@H]2CCCCN2C(=O)C(=O)[C@]2(O)O[C@@H](CC[C@H]2C)C[C@H](OC)/C(C)=C/C=C/C=C/[C@@H](C)C[C@@H](C)C(=O)[C@@H]1O. The number of fused-ring (bicyclic) bond motifs is 3. The van der Waals surface area contributed by atoms with Gasteiger partial charge in [0.15, 0.2) is 18.0 Å². The highest BCUT2D eigenvalue weighted by Crippen LogP contribution is 2.37. The molecule has 0 radical (unpaired) electrons. The minimum atomic E-state index is -2.48. The third kappa shape index (κ3) is 19.0. The summed E-state index contributed by atoms with van der Waals surface area (Å²) < 4.78 is 40.4. The zero-order chi connectivity index (χ0) is 56.1. The van der Waals surface area contributed by atoms with Crippen LogP contribution in [0.15, 0.2) is 47.6 Å². The van der Waals surface area contributed by atoms with Crippen molar-refractivity contribution in [3.05, 3.63) is 47.6 Å². The number of nitrogens with one attached hydrogen (secondary N) is 1. The van der Waals surface area contributed by atoms with Crippen molar-refractivity contribution >= 4 is 35.3 Å². The van der Waals surface area contributed by atoms with Crippen LogP contribution in [-0.2, 0) is 57.1 Å². The first-order valence-electron chi connectivity index (χ1n) is 27.6. The molecule has 4 aliphatic rings. The molecular formula is C57H91N3O16. The van der Waals surface area contributed by atoms with Crippen molar-refractivity contribution in [2.75, 3.05) is 53.7 Å². The molecule has 0 unspecified atom stereocenters. The fourth-order valence-corrected chi connectivity index (χ4v) is 10.7. The van der Waals surface area contributed by atoms with Crippen molar-refractivity contribution in [1.29, 1.82) is 0 Å². The van der Waals surface area contributed by atoms with E-state index >= 15 is 0 Å². The number of hydrogen-bond acceptors (Lipinski definition) is 17. The van der Waals surface area contributed by atoms with E-state index in [1.165, 1.54) is 13.2 Å². The zero-order valence-corrected chi connectivity index (χ0v) is 46.7. The van der Waals surface area contributed by atoms with Gasteiger partial charge in [0.2, 0.25) is 5.79 Å². The number of esters is 1. The lowest BCUT2D eigenvalue weighted by Crippen LogP contribution is -2.61. The van der Waals surface area contributed by atoms with E-state index in [1.54, 1.807) is 34.8 Å². The van der Waals surface area contributed by atoms with Crippen LogP contribution in [0.4, 0.5) is 4.79 Å². The summed E-state index contributed by atoms with van der Waals surface area (Å²) in [5, 5.41) is 36.9. The topological polar surface area (TPSA) is 269 Å². The first-order valence-corrected chi connectivity index (χ1v) is 27.6. The van der Waals surface area contributed by atoms with Gasteiger partial charge in [0.25, 0.3) is 11.7 Å². The molecule has 2 amide bonds. The van der Waals surface area contributed by atoms with Gasteiger partial charge in [-0.15, -0.1) is 0 Å². The number of Topliss-reactive ketones (excluding diaryl/α,β-unsaturated/α-hetero) is 3. The van der Waals surface area contributed by atoms with Gasteiger partial charge in [0, 0.05) is 70.6 Å². The molecule has 0 aromatic heterocycles. The van der Waals surface area contributed by atoms with E-state index in [2.05, 4.69) is 5.32 Å². The Kier molecular flexibility index (Phi) is 27.1. The van der Waals surface area contributed by atoms with Crippen LogP contribution in [0.1, 0.15) is 132 Å². The summed E-state index contributed by atoms with van der Waals surface area (Å²) in [4.78, 5) is 86.0. The molecular weight excluding hydrogens is 983 g/mol. The highest BCUT2D eigenvalue weighted by Gasteiger charge is 2.53. The van der Waals surface area contributed by atoms with Crippen molar-refractivity contribution in [3.63, 3.8) is 0 Å². The molecule has 15 atom stereocenters. The number of aliphatic hydroxyl groups is 3. The Hall–Kier alpha value is -4.18. The Balaban J connectivity index is 1.71. The maximum atomic E-state index is 14.5. The summed E-state index contributed by atoms with van der Waals surface area (Å²) in [7, 11) is 3.07. The van der Waals surface area contributed by atoms with E-state index in [0.717, 1.165) is 16.9 Å². The lowest BCUT2D eigenvalue weighted by molar-refractivity contribution is -0.265. The predicted molar refractivity (Wildman–Crippen MR) is 283 cm³/mol. The van der Waals surface area contributed by atoms with Crippen LogP contribution < -0.4 is 11.1 Å². The number of piperidine rings is 1. The van der Waals surface area contributed by atoms with Gasteiger partial charge in [-0.3, -0.25) is 19.2 Å². The summed E-state index contributed by atoms with van der Waals surface area (Å²) >= 11 is 0. The Morgan fingerprint density at radius 3 is 2.30 bits per heavy atom. The Morgan fingerprint density at radius 1 is 0.882 bits per heavy atom. The van der Waals surface area contributed by atoms with Crippen LogP contribution in [0.2, 0.25) is 0 Å². The van der Waals surface area contributed by atoms with E-state index < -0.39 is 120 Å². The van der Waals surface area contributed by atoms with Crippen molar-refractivity contribution in [1.82, 2.24) is 10.2 Å². The number of amides is 2. The van der Waals surface area contributed by atoms with E-state index in [-0.39, 0.29) is 56.4 Å². The maximum Gasteiger partial charge on any atom is 0.407 e. The Labute approximate surface area is 450 Å². The number of aliphatic hydroxyl groups excluding tert-OH is 2. The fraction of sp³-hybridized carbons (Fsp3) is 0.754. The van der Waals surface area contributed by atoms with E-state index in [1.807, 2.05) is 51.2 Å². The van der Waals surface area contributed by atoms with Crippen molar-refractivity contribution < 1.29 is 77.2 Å². The number of carbonyl (C=O) groups is 6. The third-order valence-electron chi connectivity index (χ3n) is 15.4. The number of methoxy groups -OCH3 is 2. The van der Waals surface area contributed by atoms with E-state index in [4.69, 9.17) is 38.9 Å². The number of carbonyl (C=O) groups excluding carboxylic acids is 6. The predicted octanol–water partition coefficient (Wildman–Crippen LogP) is 5.39. The largest absolute Gasteiger partial charge is 0.459 e. The molecule has 19 nitrogen and oxygen atoms in total. The number of allylic oxidation sites excluding steroid dienone is 6. The lowest BCUT2D eigenvalue weighted by Gasteiger charge is -2.42. The number of alkyl carbamates (subject to hydrolysis) is 1.